The van der Waals surface area contributed by atoms with Gasteiger partial charge in [-0.05, 0) is 38.2 Å². The third-order valence-electron chi connectivity index (χ3n) is 2.49. The second kappa shape index (κ2) is 4.86. The molecular weight excluding hydrogens is 256 g/mol. The lowest BCUT2D eigenvalue weighted by molar-refractivity contribution is 0.278. The van der Waals surface area contributed by atoms with Crippen LogP contribution in [0.15, 0.2) is 22.7 Å². The molecule has 3 nitrogen and oxygen atoms in total. The molecule has 0 spiro atoms. The largest absolute Gasteiger partial charge is 0.489 e. The van der Waals surface area contributed by atoms with Crippen LogP contribution in [0.4, 0.5) is 5.69 Å². The Balaban J connectivity index is 2.03. The Labute approximate surface area is 98.3 Å². The zero-order chi connectivity index (χ0) is 10.7. The molecule has 1 aromatic carbocycles. The standard InChI is InChI=1S/C11H15BrN2O/c1-13-5-4-9-7-15-11-6-8(12)2-3-10(11)14-9/h2-3,6,9,13-14H,4-5,7H2,1H3. The molecule has 0 saturated heterocycles. The van der Waals surface area contributed by atoms with Crippen LogP contribution in [0.5, 0.6) is 5.75 Å². The van der Waals surface area contributed by atoms with E-state index in [1.807, 2.05) is 25.2 Å². The highest BCUT2D eigenvalue weighted by Crippen LogP contribution is 2.32. The molecule has 0 bridgehead atoms. The quantitative estimate of drug-likeness (QED) is 0.884. The number of rotatable bonds is 3. The number of hydrogen-bond donors (Lipinski definition) is 2. The number of ether oxygens (including phenoxy) is 1. The van der Waals surface area contributed by atoms with Crippen LogP contribution in [0.3, 0.4) is 0 Å². The number of benzene rings is 1. The first-order valence-electron chi connectivity index (χ1n) is 5.13. The average molecular weight is 271 g/mol. The van der Waals surface area contributed by atoms with Gasteiger partial charge < -0.3 is 15.4 Å². The average Bonchev–Trinajstić information content (AvgIpc) is 2.26. The van der Waals surface area contributed by atoms with E-state index in [4.69, 9.17) is 4.74 Å². The fraction of sp³-hybridized carbons (Fsp3) is 0.455. The summed E-state index contributed by atoms with van der Waals surface area (Å²) in [5.74, 6) is 0.935. The molecule has 2 rings (SSSR count). The van der Waals surface area contributed by atoms with Gasteiger partial charge in [0.15, 0.2) is 0 Å². The Kier molecular flexibility index (Phi) is 3.49. The maximum absolute atomic E-state index is 5.69. The SMILES string of the molecule is CNCCC1COc2cc(Br)ccc2N1. The van der Waals surface area contributed by atoms with Crippen molar-refractivity contribution in [3.63, 3.8) is 0 Å². The summed E-state index contributed by atoms with van der Waals surface area (Å²) in [4.78, 5) is 0. The molecule has 0 aliphatic carbocycles. The second-order valence-electron chi connectivity index (χ2n) is 3.68. The maximum atomic E-state index is 5.69. The van der Waals surface area contributed by atoms with Crippen molar-refractivity contribution in [2.45, 2.75) is 12.5 Å². The summed E-state index contributed by atoms with van der Waals surface area (Å²) < 4.78 is 6.75. The van der Waals surface area contributed by atoms with Crippen molar-refractivity contribution < 1.29 is 4.74 Å². The number of nitrogens with one attached hydrogen (secondary N) is 2. The highest BCUT2D eigenvalue weighted by Gasteiger charge is 2.17. The van der Waals surface area contributed by atoms with Crippen LogP contribution in [0.2, 0.25) is 0 Å². The number of hydrogen-bond acceptors (Lipinski definition) is 3. The maximum Gasteiger partial charge on any atom is 0.143 e. The monoisotopic (exact) mass is 270 g/mol. The van der Waals surface area contributed by atoms with Gasteiger partial charge in [0.05, 0.1) is 11.7 Å². The lowest BCUT2D eigenvalue weighted by Crippen LogP contribution is -2.33. The Morgan fingerprint density at radius 2 is 2.47 bits per heavy atom. The van der Waals surface area contributed by atoms with E-state index in [2.05, 4.69) is 26.6 Å². The fourth-order valence-electron chi connectivity index (χ4n) is 1.66. The molecule has 1 aliphatic rings. The normalized spacial score (nSPS) is 18.9. The predicted molar refractivity (Wildman–Crippen MR) is 65.6 cm³/mol. The molecule has 1 heterocycles. The lowest BCUT2D eigenvalue weighted by Gasteiger charge is -2.27. The van der Waals surface area contributed by atoms with E-state index in [1.54, 1.807) is 0 Å². The van der Waals surface area contributed by atoms with Crippen LogP contribution in [-0.2, 0) is 0 Å². The Hall–Kier alpha value is -0.740. The van der Waals surface area contributed by atoms with Gasteiger partial charge in [0.2, 0.25) is 0 Å². The van der Waals surface area contributed by atoms with E-state index in [0.29, 0.717) is 6.04 Å². The smallest absolute Gasteiger partial charge is 0.143 e. The van der Waals surface area contributed by atoms with Gasteiger partial charge in [-0.15, -0.1) is 0 Å². The van der Waals surface area contributed by atoms with Crippen LogP contribution in [0.1, 0.15) is 6.42 Å². The first-order chi connectivity index (χ1) is 7.29. The summed E-state index contributed by atoms with van der Waals surface area (Å²) >= 11 is 3.43. The van der Waals surface area contributed by atoms with Gasteiger partial charge >= 0.3 is 0 Å². The molecule has 0 aromatic heterocycles. The van der Waals surface area contributed by atoms with Crippen LogP contribution in [0.25, 0.3) is 0 Å². The van der Waals surface area contributed by atoms with Crippen molar-refractivity contribution in [2.24, 2.45) is 0 Å². The van der Waals surface area contributed by atoms with Crippen molar-refractivity contribution in [3.8, 4) is 5.75 Å². The number of anilines is 1. The Morgan fingerprint density at radius 1 is 1.60 bits per heavy atom. The van der Waals surface area contributed by atoms with Crippen molar-refractivity contribution in [1.29, 1.82) is 0 Å². The molecule has 1 aromatic rings. The van der Waals surface area contributed by atoms with Gasteiger partial charge in [-0.2, -0.15) is 0 Å². The van der Waals surface area contributed by atoms with Gasteiger partial charge in [-0.25, -0.2) is 0 Å². The van der Waals surface area contributed by atoms with E-state index < -0.39 is 0 Å². The van der Waals surface area contributed by atoms with Gasteiger partial charge in [0.25, 0.3) is 0 Å². The molecule has 0 saturated carbocycles. The number of halogens is 1. The summed E-state index contributed by atoms with van der Waals surface area (Å²) in [5, 5.41) is 6.62. The summed E-state index contributed by atoms with van der Waals surface area (Å²) in [6, 6.07) is 6.48. The van der Waals surface area contributed by atoms with Gasteiger partial charge in [-0.1, -0.05) is 15.9 Å². The molecule has 15 heavy (non-hydrogen) atoms. The third kappa shape index (κ3) is 2.63. The molecule has 4 heteroatoms. The molecule has 0 radical (unpaired) electrons. The molecule has 82 valence electrons. The molecule has 1 aliphatic heterocycles. The van der Waals surface area contributed by atoms with Crippen LogP contribution in [-0.4, -0.2) is 26.2 Å². The first-order valence-corrected chi connectivity index (χ1v) is 5.92. The van der Waals surface area contributed by atoms with E-state index >= 15 is 0 Å². The molecular formula is C11H15BrN2O. The van der Waals surface area contributed by atoms with E-state index in [-0.39, 0.29) is 0 Å². The van der Waals surface area contributed by atoms with Gasteiger partial charge in [0, 0.05) is 4.47 Å². The second-order valence-corrected chi connectivity index (χ2v) is 4.60. The fourth-order valence-corrected chi connectivity index (χ4v) is 2.00. The summed E-state index contributed by atoms with van der Waals surface area (Å²) in [6.45, 7) is 1.75. The first kappa shape index (κ1) is 10.8. The summed E-state index contributed by atoms with van der Waals surface area (Å²) in [6.07, 6.45) is 1.08. The highest BCUT2D eigenvalue weighted by atomic mass is 79.9. The molecule has 1 unspecified atom stereocenters. The molecule has 0 fully saturated rings. The zero-order valence-electron chi connectivity index (χ0n) is 8.72. The minimum Gasteiger partial charge on any atom is -0.489 e. The summed E-state index contributed by atoms with van der Waals surface area (Å²) in [5.41, 5.74) is 1.09. The van der Waals surface area contributed by atoms with Crippen LogP contribution in [0, 0.1) is 0 Å². The number of fused-ring (bicyclic) bond motifs is 1. The lowest BCUT2D eigenvalue weighted by atomic mass is 10.1. The van der Waals surface area contributed by atoms with Crippen LogP contribution >= 0.6 is 15.9 Å². The van der Waals surface area contributed by atoms with Gasteiger partial charge in [-0.3, -0.25) is 0 Å². The summed E-state index contributed by atoms with van der Waals surface area (Å²) in [7, 11) is 1.97. The zero-order valence-corrected chi connectivity index (χ0v) is 10.3. The van der Waals surface area contributed by atoms with E-state index in [0.717, 1.165) is 35.5 Å². The van der Waals surface area contributed by atoms with Crippen molar-refractivity contribution in [1.82, 2.24) is 5.32 Å². The Morgan fingerprint density at radius 3 is 3.27 bits per heavy atom. The predicted octanol–water partition coefficient (Wildman–Crippen LogP) is 2.23. The molecule has 2 N–H and O–H groups in total. The Bertz CT molecular complexity index is 343. The molecule has 1 atom stereocenters. The van der Waals surface area contributed by atoms with E-state index in [1.165, 1.54) is 0 Å². The minimum atomic E-state index is 0.408. The minimum absolute atomic E-state index is 0.408. The highest BCUT2D eigenvalue weighted by molar-refractivity contribution is 9.10. The van der Waals surface area contributed by atoms with Gasteiger partial charge in [0.1, 0.15) is 12.4 Å². The van der Waals surface area contributed by atoms with Crippen molar-refractivity contribution >= 4 is 21.6 Å². The topological polar surface area (TPSA) is 33.3 Å². The van der Waals surface area contributed by atoms with Crippen LogP contribution < -0.4 is 15.4 Å². The van der Waals surface area contributed by atoms with Crippen molar-refractivity contribution in [2.75, 3.05) is 25.5 Å². The third-order valence-corrected chi connectivity index (χ3v) is 2.98. The van der Waals surface area contributed by atoms with Crippen molar-refractivity contribution in [3.05, 3.63) is 22.7 Å². The molecule has 0 amide bonds. The van der Waals surface area contributed by atoms with E-state index in [9.17, 15) is 0 Å².